The maximum atomic E-state index is 4.12. The van der Waals surface area contributed by atoms with E-state index in [1.807, 2.05) is 17.9 Å². The van der Waals surface area contributed by atoms with Gasteiger partial charge in [0.05, 0.1) is 17.9 Å². The van der Waals surface area contributed by atoms with Gasteiger partial charge in [0.25, 0.3) is 0 Å². The van der Waals surface area contributed by atoms with Crippen LogP contribution in [0.2, 0.25) is 0 Å². The third-order valence-electron chi connectivity index (χ3n) is 4.54. The maximum absolute atomic E-state index is 4.12. The monoisotopic (exact) mass is 265 g/mol. The van der Waals surface area contributed by atoms with E-state index in [1.165, 1.54) is 31.4 Å². The Bertz CT molecular complexity index is 392. The second-order valence-electron chi connectivity index (χ2n) is 5.87. The molecule has 1 heterocycles. The minimum Gasteiger partial charge on any atom is -0.307 e. The zero-order valence-corrected chi connectivity index (χ0v) is 12.7. The number of rotatable bonds is 6. The molecular weight excluding hydrogens is 238 g/mol. The number of hydrogen-bond donors (Lipinski definition) is 1. The number of nitrogens with one attached hydrogen (secondary N) is 1. The lowest BCUT2D eigenvalue weighted by atomic mass is 9.84. The Balaban J connectivity index is 2.33. The molecule has 1 atom stereocenters. The van der Waals surface area contributed by atoms with Crippen LogP contribution in [0.3, 0.4) is 0 Å². The summed E-state index contributed by atoms with van der Waals surface area (Å²) < 4.78 is 1.91. The Hall–Kier alpha value is -0.940. The molecule has 2 rings (SSSR count). The normalized spacial score (nSPS) is 20.1. The molecule has 1 fully saturated rings. The van der Waals surface area contributed by atoms with Crippen molar-refractivity contribution >= 4 is 0 Å². The third-order valence-corrected chi connectivity index (χ3v) is 4.54. The van der Waals surface area contributed by atoms with Crippen LogP contribution in [0.15, 0.2) is 6.20 Å². The van der Waals surface area contributed by atoms with Crippen LogP contribution >= 0.6 is 0 Å². The molecule has 0 saturated heterocycles. The van der Waals surface area contributed by atoms with Gasteiger partial charge in [-0.2, -0.15) is 0 Å². The molecule has 1 saturated carbocycles. The van der Waals surface area contributed by atoms with Crippen molar-refractivity contribution in [3.05, 3.63) is 11.9 Å². The highest BCUT2D eigenvalue weighted by molar-refractivity contribution is 5.14. The summed E-state index contributed by atoms with van der Waals surface area (Å²) in [5.41, 5.74) is 1.40. The van der Waals surface area contributed by atoms with Crippen molar-refractivity contribution in [2.75, 3.05) is 20.6 Å². The highest BCUT2D eigenvalue weighted by Crippen LogP contribution is 2.43. The lowest BCUT2D eigenvalue weighted by molar-refractivity contribution is 0.100. The smallest absolute Gasteiger partial charge is 0.0772 e. The number of nitrogens with zero attached hydrogens (tertiary/aromatic N) is 4. The molecule has 0 amide bonds. The molecule has 1 aliphatic carbocycles. The van der Waals surface area contributed by atoms with E-state index in [2.05, 4.69) is 41.5 Å². The summed E-state index contributed by atoms with van der Waals surface area (Å²) in [4.78, 5) is 2.40. The minimum atomic E-state index is 0.199. The predicted octanol–water partition coefficient (Wildman–Crippen LogP) is 1.73. The fourth-order valence-corrected chi connectivity index (χ4v) is 3.40. The average Bonchev–Trinajstić information content (AvgIpc) is 3.01. The van der Waals surface area contributed by atoms with Crippen molar-refractivity contribution in [2.45, 2.75) is 50.6 Å². The lowest BCUT2D eigenvalue weighted by Crippen LogP contribution is -2.52. The first kappa shape index (κ1) is 14.5. The Kier molecular flexibility index (Phi) is 4.58. The largest absolute Gasteiger partial charge is 0.307 e. The Morgan fingerprint density at radius 2 is 2.11 bits per heavy atom. The van der Waals surface area contributed by atoms with Crippen LogP contribution in [0.1, 0.15) is 50.8 Å². The van der Waals surface area contributed by atoms with Gasteiger partial charge in [-0.1, -0.05) is 25.0 Å². The summed E-state index contributed by atoms with van der Waals surface area (Å²) in [6, 6.07) is 0.310. The first-order valence-corrected chi connectivity index (χ1v) is 7.37. The van der Waals surface area contributed by atoms with E-state index in [-0.39, 0.29) is 5.54 Å². The van der Waals surface area contributed by atoms with Crippen molar-refractivity contribution in [3.8, 4) is 0 Å². The highest BCUT2D eigenvalue weighted by Gasteiger charge is 2.44. The molecule has 1 N–H and O–H groups in total. The first-order chi connectivity index (χ1) is 9.12. The topological polar surface area (TPSA) is 46.0 Å². The molecule has 1 aliphatic rings. The molecule has 19 heavy (non-hydrogen) atoms. The molecule has 108 valence electrons. The van der Waals surface area contributed by atoms with E-state index in [4.69, 9.17) is 0 Å². The van der Waals surface area contributed by atoms with Crippen molar-refractivity contribution in [1.29, 1.82) is 0 Å². The van der Waals surface area contributed by atoms with Crippen molar-refractivity contribution in [2.24, 2.45) is 7.05 Å². The van der Waals surface area contributed by atoms with Gasteiger partial charge in [-0.05, 0) is 39.9 Å². The Morgan fingerprint density at radius 3 is 2.58 bits per heavy atom. The van der Waals surface area contributed by atoms with E-state index >= 15 is 0 Å². The molecule has 1 aromatic rings. The van der Waals surface area contributed by atoms with Gasteiger partial charge >= 0.3 is 0 Å². The fraction of sp³-hybridized carbons (Fsp3) is 0.857. The molecule has 0 radical (unpaired) electrons. The summed E-state index contributed by atoms with van der Waals surface area (Å²) in [5, 5.41) is 11.9. The zero-order chi connectivity index (χ0) is 13.9. The maximum Gasteiger partial charge on any atom is 0.0772 e. The van der Waals surface area contributed by atoms with Crippen molar-refractivity contribution in [1.82, 2.24) is 25.2 Å². The van der Waals surface area contributed by atoms with E-state index < -0.39 is 0 Å². The lowest BCUT2D eigenvalue weighted by Gasteiger charge is -2.43. The molecule has 0 bridgehead atoms. The number of aromatic nitrogens is 3. The van der Waals surface area contributed by atoms with Gasteiger partial charge in [-0.25, -0.2) is 0 Å². The van der Waals surface area contributed by atoms with Crippen LogP contribution in [-0.2, 0) is 7.05 Å². The van der Waals surface area contributed by atoms with Gasteiger partial charge in [-0.15, -0.1) is 5.10 Å². The number of aryl methyl sites for hydroxylation is 1. The minimum absolute atomic E-state index is 0.199. The Morgan fingerprint density at radius 1 is 1.42 bits per heavy atom. The van der Waals surface area contributed by atoms with Crippen LogP contribution in [-0.4, -0.2) is 46.1 Å². The van der Waals surface area contributed by atoms with Crippen molar-refractivity contribution in [3.63, 3.8) is 0 Å². The van der Waals surface area contributed by atoms with Crippen LogP contribution < -0.4 is 5.32 Å². The number of likely N-dealkylation sites (N-methyl/N-ethyl adjacent to an activating group) is 1. The van der Waals surface area contributed by atoms with Crippen LogP contribution in [0, 0.1) is 0 Å². The van der Waals surface area contributed by atoms with E-state index in [0.717, 1.165) is 13.0 Å². The van der Waals surface area contributed by atoms with Gasteiger partial charge in [0, 0.05) is 12.6 Å². The molecule has 5 heteroatoms. The number of hydrogen-bond acceptors (Lipinski definition) is 4. The van der Waals surface area contributed by atoms with Crippen molar-refractivity contribution < 1.29 is 0 Å². The highest BCUT2D eigenvalue weighted by atomic mass is 15.4. The molecule has 0 aliphatic heterocycles. The Labute approximate surface area is 116 Å². The average molecular weight is 265 g/mol. The SMILES string of the molecule is CCCNC(c1cnnn1C)C1(N(C)C)CCCC1. The zero-order valence-electron chi connectivity index (χ0n) is 12.7. The summed E-state index contributed by atoms with van der Waals surface area (Å²) in [6.07, 6.45) is 8.17. The second kappa shape index (κ2) is 6.01. The van der Waals surface area contributed by atoms with Crippen LogP contribution in [0.4, 0.5) is 0 Å². The first-order valence-electron chi connectivity index (χ1n) is 7.37. The summed E-state index contributed by atoms with van der Waals surface area (Å²) in [5.74, 6) is 0. The van der Waals surface area contributed by atoms with E-state index in [1.54, 1.807) is 0 Å². The van der Waals surface area contributed by atoms with Crippen LogP contribution in [0.5, 0.6) is 0 Å². The van der Waals surface area contributed by atoms with Gasteiger partial charge in [-0.3, -0.25) is 4.68 Å². The summed E-state index contributed by atoms with van der Waals surface area (Å²) in [7, 11) is 6.40. The third kappa shape index (κ3) is 2.67. The van der Waals surface area contributed by atoms with Gasteiger partial charge in [0.2, 0.25) is 0 Å². The molecule has 1 unspecified atom stereocenters. The van der Waals surface area contributed by atoms with Gasteiger partial charge < -0.3 is 10.2 Å². The molecule has 5 nitrogen and oxygen atoms in total. The molecular formula is C14H27N5. The summed E-state index contributed by atoms with van der Waals surface area (Å²) >= 11 is 0. The molecule has 0 spiro atoms. The van der Waals surface area contributed by atoms with E-state index in [9.17, 15) is 0 Å². The standard InChI is InChI=1S/C14H27N5/c1-5-10-15-13(12-11-16-17-19(12)4)14(18(2)3)8-6-7-9-14/h11,13,15H,5-10H2,1-4H3. The van der Waals surface area contributed by atoms with Crippen LogP contribution in [0.25, 0.3) is 0 Å². The molecule has 0 aromatic carbocycles. The second-order valence-corrected chi connectivity index (χ2v) is 5.87. The van der Waals surface area contributed by atoms with Gasteiger partial charge in [0.15, 0.2) is 0 Å². The molecule has 1 aromatic heterocycles. The van der Waals surface area contributed by atoms with E-state index in [0.29, 0.717) is 6.04 Å². The quantitative estimate of drug-likeness (QED) is 0.851. The predicted molar refractivity (Wildman–Crippen MR) is 76.9 cm³/mol. The fourth-order valence-electron chi connectivity index (χ4n) is 3.40. The van der Waals surface area contributed by atoms with Gasteiger partial charge in [0.1, 0.15) is 0 Å². The summed E-state index contributed by atoms with van der Waals surface area (Å²) in [6.45, 7) is 3.24.